The summed E-state index contributed by atoms with van der Waals surface area (Å²) in [6, 6.07) is 146. The molecule has 131 heavy (non-hydrogen) atoms. The summed E-state index contributed by atoms with van der Waals surface area (Å²) in [6.07, 6.45) is 12.7. The Balaban J connectivity index is 0.000000115. The van der Waals surface area contributed by atoms with E-state index in [-0.39, 0.29) is 0 Å². The number of unbranched alkanes of at least 4 members (excludes halogenated alkanes) is 1. The van der Waals surface area contributed by atoms with Crippen LogP contribution in [0.2, 0.25) is 0 Å². The number of hydrogen-bond acceptors (Lipinski definition) is 8. The van der Waals surface area contributed by atoms with Crippen molar-refractivity contribution in [3.05, 3.63) is 440 Å². The Morgan fingerprint density at radius 1 is 0.198 bits per heavy atom. The molecule has 0 saturated heterocycles. The first kappa shape index (κ1) is 81.5. The van der Waals surface area contributed by atoms with Gasteiger partial charge in [0.15, 0.2) is 0 Å². The quantitative estimate of drug-likeness (QED) is 0.0850. The van der Waals surface area contributed by atoms with Crippen LogP contribution in [0.4, 0.5) is 0 Å². The maximum Gasteiger partial charge on any atom is 0.0938 e. The van der Waals surface area contributed by atoms with Gasteiger partial charge in [-0.3, -0.25) is 9.97 Å². The van der Waals surface area contributed by atoms with E-state index in [9.17, 15) is 0 Å². The number of aromatic nitrogens is 5. The number of aryl methyl sites for hydroxylation is 3. The van der Waals surface area contributed by atoms with Crippen LogP contribution in [0.3, 0.4) is 0 Å². The van der Waals surface area contributed by atoms with Gasteiger partial charge in [0.25, 0.3) is 0 Å². The summed E-state index contributed by atoms with van der Waals surface area (Å²) < 4.78 is 3.69. The van der Waals surface area contributed by atoms with E-state index in [0.717, 1.165) is 80.6 Å². The van der Waals surface area contributed by atoms with Crippen LogP contribution in [0, 0.1) is 0 Å². The van der Waals surface area contributed by atoms with Crippen LogP contribution in [-0.2, 0) is 19.3 Å². The third-order valence-electron chi connectivity index (χ3n) is 25.4. The van der Waals surface area contributed by atoms with E-state index >= 15 is 0 Å². The number of benzene rings is 19. The first-order valence-corrected chi connectivity index (χ1v) is 47.7. The minimum absolute atomic E-state index is 0.895. The largest absolute Gasteiger partial charge is 0.264 e. The number of nitrogens with zero attached hydrogens (tertiary/aromatic N) is 5. The highest BCUT2D eigenvalue weighted by Crippen LogP contribution is 2.48. The average Bonchev–Trinajstić information content (AvgIpc) is 1.72. The van der Waals surface area contributed by atoms with Crippen molar-refractivity contribution in [3.8, 4) is 134 Å². The molecule has 0 amide bonds. The highest BCUT2D eigenvalue weighted by Gasteiger charge is 2.23. The van der Waals surface area contributed by atoms with Gasteiger partial charge in [-0.1, -0.05) is 331 Å². The van der Waals surface area contributed by atoms with Crippen LogP contribution in [0.15, 0.2) is 425 Å². The minimum Gasteiger partial charge on any atom is -0.264 e. The van der Waals surface area contributed by atoms with Crippen LogP contribution in [0.1, 0.15) is 48.6 Å². The molecular weight excluding hydrogens is 1640 g/mol. The van der Waals surface area contributed by atoms with E-state index in [4.69, 9.17) is 15.0 Å². The van der Waals surface area contributed by atoms with Crippen molar-refractivity contribution in [1.29, 1.82) is 0 Å². The lowest BCUT2D eigenvalue weighted by Crippen LogP contribution is -1.90. The van der Waals surface area contributed by atoms with Gasteiger partial charge in [-0.05, 0) is 293 Å². The normalized spacial score (nSPS) is 11.5. The lowest BCUT2D eigenvalue weighted by atomic mass is 9.89. The van der Waals surface area contributed by atoms with Crippen molar-refractivity contribution < 1.29 is 0 Å². The van der Waals surface area contributed by atoms with Crippen LogP contribution in [-0.4, -0.2) is 24.9 Å². The average molecular weight is 1730 g/mol. The van der Waals surface area contributed by atoms with Crippen LogP contribution >= 0.6 is 34.0 Å². The van der Waals surface area contributed by atoms with Crippen molar-refractivity contribution in [2.75, 3.05) is 0 Å². The van der Waals surface area contributed by atoms with E-state index in [1.165, 1.54) is 195 Å². The Bertz CT molecular complexity index is 8260. The summed E-state index contributed by atoms with van der Waals surface area (Å²) in [4.78, 5) is 24.4. The molecule has 0 aliphatic rings. The summed E-state index contributed by atoms with van der Waals surface area (Å²) in [6.45, 7) is 6.61. The zero-order valence-electron chi connectivity index (χ0n) is 72.9. The molecule has 5 nitrogen and oxygen atoms in total. The minimum atomic E-state index is 0.895. The molecule has 19 aromatic carbocycles. The van der Waals surface area contributed by atoms with Gasteiger partial charge in [0.2, 0.25) is 0 Å². The number of hydrogen-bond donors (Lipinski definition) is 0. The fourth-order valence-corrected chi connectivity index (χ4v) is 21.9. The molecule has 624 valence electrons. The van der Waals surface area contributed by atoms with E-state index in [1.807, 2.05) is 48.3 Å². The molecule has 0 aliphatic carbocycles. The third kappa shape index (κ3) is 16.3. The molecule has 0 radical (unpaired) electrons. The standard InChI is InChI=1S/C43H31N3S.C41H29NS.C39H29NS/c1-2-42-46-43-40(39-23-35(31-15-9-17-44-27-31)22-36(24-39)32-16-10-18-45-28-32)25-38(26-41(43)47-42)37-20-33(29-11-5-3-6-12-29)19-34(21-37)30-13-7-4-8-14-30;1-2-40-42-41-38(32-23-21-31(22-24-32)37-16-8-12-29-10-4-6-14-35(29)37)25-33(26-39(41)43-40)27-17-19-30(20-18-27)36-15-7-11-28-9-3-5-13-34(28)36;1-2-3-20-38-40-39-36(35-22-26-13-5-7-15-29(26)31-17-9-11-19-33(31)35)23-27(24-37(39)41-38)34-21-25-12-4-6-14-28(25)30-16-8-10-18-32(30)34/h3-28H,2H2,1H3;3-26H,2H2,1H3;4-19,21-24H,2-3,20H2,1H3. The second-order valence-corrected chi connectivity index (χ2v) is 37.0. The second kappa shape index (κ2) is 36.1. The van der Waals surface area contributed by atoms with Gasteiger partial charge in [-0.15, -0.1) is 34.0 Å². The van der Waals surface area contributed by atoms with Crippen LogP contribution in [0.25, 0.3) is 229 Å². The fraction of sp³-hybridized carbons (Fsp3) is 0.0650. The number of pyridine rings is 2. The van der Waals surface area contributed by atoms with Gasteiger partial charge in [0, 0.05) is 52.6 Å². The first-order chi connectivity index (χ1) is 64.7. The predicted molar refractivity (Wildman–Crippen MR) is 562 cm³/mol. The predicted octanol–water partition coefficient (Wildman–Crippen LogP) is 35.1. The third-order valence-corrected chi connectivity index (χ3v) is 28.8. The van der Waals surface area contributed by atoms with Gasteiger partial charge in [-0.2, -0.15) is 0 Å². The monoisotopic (exact) mass is 1730 g/mol. The van der Waals surface area contributed by atoms with E-state index < -0.39 is 0 Å². The van der Waals surface area contributed by atoms with Crippen molar-refractivity contribution in [3.63, 3.8) is 0 Å². The summed E-state index contributed by atoms with van der Waals surface area (Å²) in [5, 5.41) is 18.9. The topological polar surface area (TPSA) is 64.5 Å². The smallest absolute Gasteiger partial charge is 0.0938 e. The highest BCUT2D eigenvalue weighted by molar-refractivity contribution is 7.19. The van der Waals surface area contributed by atoms with Crippen molar-refractivity contribution >= 4 is 129 Å². The lowest BCUT2D eigenvalue weighted by Gasteiger charge is -2.15. The molecular formula is C123H89N5S3. The molecule has 5 aromatic heterocycles. The van der Waals surface area contributed by atoms with Gasteiger partial charge >= 0.3 is 0 Å². The Labute approximate surface area is 774 Å². The summed E-state index contributed by atoms with van der Waals surface area (Å²) in [5.41, 5.74) is 31.8. The Kier molecular flexibility index (Phi) is 22.4. The first-order valence-electron chi connectivity index (χ1n) is 45.3. The SMILES string of the molecule is CCCCc1nc2c(-c3cc4ccccc4c4ccccc34)cc(-c3cc4ccccc4c4ccccc34)cc2s1.CCc1nc2c(-c3cc(-c4cccnc4)cc(-c4cccnc4)c3)cc(-c3cc(-c4ccccc4)cc(-c4ccccc4)c3)cc2s1.CCc1nc2c(-c3ccc(-c4cccc5ccccc45)cc3)cc(-c3ccc(-c4cccc5ccccc45)cc3)cc2s1. The molecule has 0 aliphatic heterocycles. The van der Waals surface area contributed by atoms with Gasteiger partial charge in [0.1, 0.15) is 0 Å². The number of fused-ring (bicyclic) bond motifs is 11. The molecule has 0 unspecified atom stereocenters. The zero-order valence-corrected chi connectivity index (χ0v) is 75.4. The van der Waals surface area contributed by atoms with Gasteiger partial charge in [-0.25, -0.2) is 15.0 Å². The molecule has 24 rings (SSSR count). The van der Waals surface area contributed by atoms with Crippen LogP contribution in [0.5, 0.6) is 0 Å². The maximum absolute atomic E-state index is 5.28. The highest BCUT2D eigenvalue weighted by atomic mass is 32.1. The van der Waals surface area contributed by atoms with Gasteiger partial charge < -0.3 is 0 Å². The molecule has 0 atom stereocenters. The van der Waals surface area contributed by atoms with Gasteiger partial charge in [0.05, 0.1) is 45.7 Å². The van der Waals surface area contributed by atoms with Crippen LogP contribution < -0.4 is 0 Å². The number of rotatable bonds is 17. The summed E-state index contributed by atoms with van der Waals surface area (Å²) in [7, 11) is 0. The van der Waals surface area contributed by atoms with Crippen molar-refractivity contribution in [1.82, 2.24) is 24.9 Å². The maximum atomic E-state index is 5.28. The zero-order chi connectivity index (χ0) is 87.7. The fourth-order valence-electron chi connectivity index (χ4n) is 18.9. The molecule has 0 bridgehead atoms. The molecule has 24 aromatic rings. The summed E-state index contributed by atoms with van der Waals surface area (Å²) in [5.74, 6) is 0. The Morgan fingerprint density at radius 2 is 0.519 bits per heavy atom. The molecule has 5 heterocycles. The number of thiazole rings is 3. The molecule has 0 saturated carbocycles. The van der Waals surface area contributed by atoms with E-state index in [2.05, 4.69) is 419 Å². The summed E-state index contributed by atoms with van der Waals surface area (Å²) >= 11 is 5.45. The van der Waals surface area contributed by atoms with E-state index in [0.29, 0.717) is 0 Å². The van der Waals surface area contributed by atoms with Crippen molar-refractivity contribution in [2.45, 2.75) is 52.9 Å². The second-order valence-electron chi connectivity index (χ2n) is 33.6. The Morgan fingerprint density at radius 3 is 1.00 bits per heavy atom. The lowest BCUT2D eigenvalue weighted by molar-refractivity contribution is 0.791. The van der Waals surface area contributed by atoms with Crippen molar-refractivity contribution in [2.24, 2.45) is 0 Å². The van der Waals surface area contributed by atoms with E-state index in [1.54, 1.807) is 22.7 Å². The molecule has 8 heteroatoms. The molecule has 0 spiro atoms. The molecule has 0 N–H and O–H groups in total. The molecule has 0 fully saturated rings. The Hall–Kier alpha value is -15.3.